The number of nitrogens with zero attached hydrogens (tertiary/aromatic N) is 2. The smallest absolute Gasteiger partial charge is 0.127 e. The van der Waals surface area contributed by atoms with Crippen LogP contribution in [0.4, 0.5) is 0 Å². The van der Waals surface area contributed by atoms with Gasteiger partial charge in [0.15, 0.2) is 0 Å². The molecule has 0 aromatic carbocycles. The van der Waals surface area contributed by atoms with E-state index in [0.717, 1.165) is 16.8 Å². The maximum absolute atomic E-state index is 9.98. The highest BCUT2D eigenvalue weighted by molar-refractivity contribution is 9.10. The number of fused-ring (bicyclic) bond motifs is 1. The van der Waals surface area contributed by atoms with Crippen LogP contribution in [-0.4, -0.2) is 26.8 Å². The fourth-order valence-electron chi connectivity index (χ4n) is 1.65. The van der Waals surface area contributed by atoms with Crippen molar-refractivity contribution in [3.8, 4) is 0 Å². The second-order valence-corrected chi connectivity index (χ2v) is 4.28. The van der Waals surface area contributed by atoms with E-state index in [1.807, 2.05) is 4.57 Å². The van der Waals surface area contributed by atoms with Crippen molar-refractivity contribution in [2.45, 2.75) is 25.0 Å². The van der Waals surface area contributed by atoms with Gasteiger partial charge in [-0.3, -0.25) is 0 Å². The lowest BCUT2D eigenvalue weighted by molar-refractivity contribution is 0.0240. The van der Waals surface area contributed by atoms with Crippen LogP contribution in [0.15, 0.2) is 10.9 Å². The summed E-state index contributed by atoms with van der Waals surface area (Å²) >= 11 is 3.35. The lowest BCUT2D eigenvalue weighted by Gasteiger charge is -2.31. The van der Waals surface area contributed by atoms with E-state index in [9.17, 15) is 5.11 Å². The van der Waals surface area contributed by atoms with Crippen LogP contribution >= 0.6 is 15.9 Å². The largest absolute Gasteiger partial charge is 0.388 e. The van der Waals surface area contributed by atoms with Crippen LogP contribution in [0.2, 0.25) is 0 Å². The molecule has 1 atom stereocenters. The fourth-order valence-corrected chi connectivity index (χ4v) is 2.11. The predicted octanol–water partition coefficient (Wildman–Crippen LogP) is 0.282. The standard InChI is InChI=1S/C8H12BrN3O/c9-7-6-3-8(13,4-10)1-2-12(6)5-11-7/h5,13H,1-4,10H2. The van der Waals surface area contributed by atoms with Gasteiger partial charge >= 0.3 is 0 Å². The van der Waals surface area contributed by atoms with E-state index in [4.69, 9.17) is 5.73 Å². The van der Waals surface area contributed by atoms with E-state index in [1.54, 1.807) is 6.33 Å². The van der Waals surface area contributed by atoms with Gasteiger partial charge in [-0.2, -0.15) is 0 Å². The second-order valence-electron chi connectivity index (χ2n) is 3.53. The van der Waals surface area contributed by atoms with Crippen molar-refractivity contribution in [3.05, 3.63) is 16.6 Å². The summed E-state index contributed by atoms with van der Waals surface area (Å²) in [6, 6.07) is 0. The molecule has 0 aliphatic carbocycles. The molecule has 0 fully saturated rings. The maximum Gasteiger partial charge on any atom is 0.127 e. The van der Waals surface area contributed by atoms with Crippen LogP contribution < -0.4 is 5.73 Å². The van der Waals surface area contributed by atoms with Gasteiger partial charge < -0.3 is 15.4 Å². The minimum Gasteiger partial charge on any atom is -0.388 e. The summed E-state index contributed by atoms with van der Waals surface area (Å²) in [5, 5.41) is 9.98. The van der Waals surface area contributed by atoms with Crippen molar-refractivity contribution in [1.29, 1.82) is 0 Å². The molecule has 0 bridgehead atoms. The number of rotatable bonds is 1. The number of hydrogen-bond donors (Lipinski definition) is 2. The van der Waals surface area contributed by atoms with Crippen LogP contribution in [0.25, 0.3) is 0 Å². The molecule has 3 N–H and O–H groups in total. The summed E-state index contributed by atoms with van der Waals surface area (Å²) in [5.41, 5.74) is 5.82. The van der Waals surface area contributed by atoms with Gasteiger partial charge in [0.25, 0.3) is 0 Å². The topological polar surface area (TPSA) is 64.1 Å². The summed E-state index contributed by atoms with van der Waals surface area (Å²) in [7, 11) is 0. The Balaban J connectivity index is 2.32. The van der Waals surface area contributed by atoms with Gasteiger partial charge in [-0.1, -0.05) is 0 Å². The monoisotopic (exact) mass is 245 g/mol. The summed E-state index contributed by atoms with van der Waals surface area (Å²) in [4.78, 5) is 4.13. The molecule has 2 rings (SSSR count). The quantitative estimate of drug-likeness (QED) is 0.748. The van der Waals surface area contributed by atoms with Gasteiger partial charge in [-0.15, -0.1) is 0 Å². The molecular weight excluding hydrogens is 234 g/mol. The third kappa shape index (κ3) is 1.51. The first kappa shape index (κ1) is 9.18. The summed E-state index contributed by atoms with van der Waals surface area (Å²) in [6.45, 7) is 1.10. The van der Waals surface area contributed by atoms with E-state index in [2.05, 4.69) is 20.9 Å². The Hall–Kier alpha value is -0.390. The van der Waals surface area contributed by atoms with Gasteiger partial charge in [-0.25, -0.2) is 4.98 Å². The summed E-state index contributed by atoms with van der Waals surface area (Å²) in [5.74, 6) is 0. The van der Waals surface area contributed by atoms with Gasteiger partial charge in [0.2, 0.25) is 0 Å². The van der Waals surface area contributed by atoms with Crippen LogP contribution in [-0.2, 0) is 13.0 Å². The van der Waals surface area contributed by atoms with Crippen molar-refractivity contribution >= 4 is 15.9 Å². The van der Waals surface area contributed by atoms with Crippen LogP contribution in [0.1, 0.15) is 12.1 Å². The van der Waals surface area contributed by atoms with E-state index in [0.29, 0.717) is 19.4 Å². The van der Waals surface area contributed by atoms with E-state index >= 15 is 0 Å². The van der Waals surface area contributed by atoms with Crippen LogP contribution in [0, 0.1) is 0 Å². The number of nitrogens with two attached hydrogens (primary N) is 1. The fraction of sp³-hybridized carbons (Fsp3) is 0.625. The minimum atomic E-state index is -0.738. The van der Waals surface area contributed by atoms with Crippen LogP contribution in [0.5, 0.6) is 0 Å². The first-order valence-electron chi connectivity index (χ1n) is 4.26. The molecule has 72 valence electrons. The van der Waals surface area contributed by atoms with Crippen molar-refractivity contribution < 1.29 is 5.11 Å². The number of imidazole rings is 1. The zero-order chi connectivity index (χ0) is 9.47. The predicted molar refractivity (Wildman–Crippen MR) is 52.3 cm³/mol. The zero-order valence-corrected chi connectivity index (χ0v) is 8.79. The molecule has 0 saturated heterocycles. The number of aliphatic hydroxyl groups is 1. The first-order chi connectivity index (χ1) is 6.14. The lowest BCUT2D eigenvalue weighted by Crippen LogP contribution is -2.44. The molecule has 5 heteroatoms. The average molecular weight is 246 g/mol. The Labute approximate surface area is 84.9 Å². The molecule has 0 radical (unpaired) electrons. The van der Waals surface area contributed by atoms with Crippen LogP contribution in [0.3, 0.4) is 0 Å². The molecule has 0 saturated carbocycles. The number of aryl methyl sites for hydroxylation is 1. The third-order valence-corrected chi connectivity index (χ3v) is 3.25. The van der Waals surface area contributed by atoms with Crippen molar-refractivity contribution in [3.63, 3.8) is 0 Å². The molecule has 0 amide bonds. The number of halogens is 1. The van der Waals surface area contributed by atoms with E-state index < -0.39 is 5.60 Å². The van der Waals surface area contributed by atoms with Crippen molar-refractivity contribution in [2.75, 3.05) is 6.54 Å². The van der Waals surface area contributed by atoms with E-state index in [1.165, 1.54) is 0 Å². The Kier molecular flexibility index (Phi) is 2.17. The van der Waals surface area contributed by atoms with Crippen molar-refractivity contribution in [2.24, 2.45) is 5.73 Å². The average Bonchev–Trinajstić information content (AvgIpc) is 2.48. The molecule has 1 aliphatic heterocycles. The van der Waals surface area contributed by atoms with Gasteiger partial charge in [0.1, 0.15) is 4.60 Å². The Bertz CT molecular complexity index is 325. The summed E-state index contributed by atoms with van der Waals surface area (Å²) in [6.07, 6.45) is 3.08. The van der Waals surface area contributed by atoms with Crippen molar-refractivity contribution in [1.82, 2.24) is 9.55 Å². The molecule has 0 spiro atoms. The molecule has 1 aromatic rings. The summed E-state index contributed by atoms with van der Waals surface area (Å²) < 4.78 is 2.87. The third-order valence-electron chi connectivity index (χ3n) is 2.59. The molecule has 4 nitrogen and oxygen atoms in total. The maximum atomic E-state index is 9.98. The van der Waals surface area contributed by atoms with Gasteiger partial charge in [0, 0.05) is 19.5 Å². The molecule has 2 heterocycles. The molecule has 1 aromatic heterocycles. The highest BCUT2D eigenvalue weighted by Crippen LogP contribution is 2.27. The Morgan fingerprint density at radius 2 is 2.54 bits per heavy atom. The SMILES string of the molecule is NCC1(O)CCn2cnc(Br)c2C1. The Morgan fingerprint density at radius 1 is 1.77 bits per heavy atom. The zero-order valence-electron chi connectivity index (χ0n) is 7.20. The second kappa shape index (κ2) is 3.08. The number of hydrogen-bond acceptors (Lipinski definition) is 3. The molecule has 1 unspecified atom stereocenters. The Morgan fingerprint density at radius 3 is 3.23 bits per heavy atom. The first-order valence-corrected chi connectivity index (χ1v) is 5.06. The molecule has 1 aliphatic rings. The van der Waals surface area contributed by atoms with Gasteiger partial charge in [0.05, 0.1) is 17.6 Å². The van der Waals surface area contributed by atoms with Gasteiger partial charge in [-0.05, 0) is 22.4 Å². The highest BCUT2D eigenvalue weighted by atomic mass is 79.9. The normalized spacial score (nSPS) is 27.3. The molecular formula is C8H12BrN3O. The highest BCUT2D eigenvalue weighted by Gasteiger charge is 2.32. The van der Waals surface area contributed by atoms with E-state index in [-0.39, 0.29) is 0 Å². The lowest BCUT2D eigenvalue weighted by atomic mass is 9.91. The molecule has 13 heavy (non-hydrogen) atoms. The number of aromatic nitrogens is 2. The minimum absolute atomic E-state index is 0.310.